The molecule has 0 unspecified atom stereocenters. The predicted octanol–water partition coefficient (Wildman–Crippen LogP) is 4.23. The van der Waals surface area contributed by atoms with Crippen molar-refractivity contribution in [3.8, 4) is 11.8 Å². The number of para-hydroxylation sites is 1. The first-order chi connectivity index (χ1) is 10.2. The predicted molar refractivity (Wildman–Crippen MR) is 85.8 cm³/mol. The highest BCUT2D eigenvalue weighted by Crippen LogP contribution is 2.24. The van der Waals surface area contributed by atoms with Gasteiger partial charge in [0, 0.05) is 11.9 Å². The lowest BCUT2D eigenvalue weighted by molar-refractivity contribution is 0.414. The lowest BCUT2D eigenvalue weighted by atomic mass is 10.0. The summed E-state index contributed by atoms with van der Waals surface area (Å²) in [4.78, 5) is 0. The number of ether oxygens (including phenoxy) is 1. The van der Waals surface area contributed by atoms with Gasteiger partial charge in [0.05, 0.1) is 12.7 Å². The maximum Gasteiger partial charge on any atom is 0.119 e. The Morgan fingerprint density at radius 3 is 2.62 bits per heavy atom. The van der Waals surface area contributed by atoms with Gasteiger partial charge in [0.1, 0.15) is 11.8 Å². The second-order valence-corrected chi connectivity index (χ2v) is 4.39. The van der Waals surface area contributed by atoms with Gasteiger partial charge < -0.3 is 10.1 Å². The molecule has 2 rings (SSSR count). The van der Waals surface area contributed by atoms with Gasteiger partial charge in [-0.25, -0.2) is 0 Å². The number of benzene rings is 2. The van der Waals surface area contributed by atoms with Crippen LogP contribution in [0.15, 0.2) is 72.9 Å². The van der Waals surface area contributed by atoms with E-state index >= 15 is 0 Å². The van der Waals surface area contributed by atoms with Crippen molar-refractivity contribution >= 4 is 11.3 Å². The molecule has 0 aromatic heterocycles. The number of hydrogen-bond donors (Lipinski definition) is 1. The number of anilines is 1. The fourth-order valence-electron chi connectivity index (χ4n) is 1.84. The Labute approximate surface area is 124 Å². The molecule has 2 aromatic carbocycles. The van der Waals surface area contributed by atoms with E-state index in [1.54, 1.807) is 13.3 Å². The molecule has 0 spiro atoms. The molecule has 2 aromatic rings. The van der Waals surface area contributed by atoms with E-state index in [9.17, 15) is 5.26 Å². The summed E-state index contributed by atoms with van der Waals surface area (Å²) in [5, 5.41) is 12.4. The zero-order valence-corrected chi connectivity index (χ0v) is 11.8. The molecule has 0 bridgehead atoms. The number of methoxy groups -OCH3 is 1. The van der Waals surface area contributed by atoms with E-state index in [2.05, 4.69) is 18.0 Å². The van der Waals surface area contributed by atoms with Gasteiger partial charge in [-0.05, 0) is 35.4 Å². The molecule has 1 N–H and O–H groups in total. The number of rotatable bonds is 5. The molecule has 0 heterocycles. The monoisotopic (exact) mass is 276 g/mol. The molecule has 3 nitrogen and oxygen atoms in total. The highest BCUT2D eigenvalue weighted by atomic mass is 16.5. The quantitative estimate of drug-likeness (QED) is 0.656. The summed E-state index contributed by atoms with van der Waals surface area (Å²) in [6.07, 6.45) is 1.66. The maximum absolute atomic E-state index is 9.31. The molecule has 0 aliphatic heterocycles. The molecule has 21 heavy (non-hydrogen) atoms. The van der Waals surface area contributed by atoms with Gasteiger partial charge in [0.15, 0.2) is 0 Å². The van der Waals surface area contributed by atoms with Gasteiger partial charge in [0.2, 0.25) is 0 Å². The van der Waals surface area contributed by atoms with Crippen molar-refractivity contribution in [3.05, 3.63) is 78.5 Å². The van der Waals surface area contributed by atoms with Crippen molar-refractivity contribution in [1.82, 2.24) is 0 Å². The van der Waals surface area contributed by atoms with Crippen molar-refractivity contribution in [1.29, 1.82) is 5.26 Å². The van der Waals surface area contributed by atoms with Crippen LogP contribution in [0.5, 0.6) is 5.75 Å². The molecule has 0 saturated carbocycles. The van der Waals surface area contributed by atoms with E-state index in [-0.39, 0.29) is 0 Å². The second-order valence-electron chi connectivity index (χ2n) is 4.39. The molecular weight excluding hydrogens is 260 g/mol. The Balaban J connectivity index is 2.20. The molecule has 3 heteroatoms. The number of nitrogens with one attached hydrogen (secondary N) is 1. The first-order valence-corrected chi connectivity index (χ1v) is 6.50. The Kier molecular flexibility index (Phi) is 4.79. The van der Waals surface area contributed by atoms with Crippen LogP contribution in [0.4, 0.5) is 5.69 Å². The van der Waals surface area contributed by atoms with Crippen LogP contribution in [0.3, 0.4) is 0 Å². The summed E-state index contributed by atoms with van der Waals surface area (Å²) in [5.41, 5.74) is 2.91. The maximum atomic E-state index is 9.31. The summed E-state index contributed by atoms with van der Waals surface area (Å²) in [5.74, 6) is 0.738. The molecule has 0 atom stereocenters. The van der Waals surface area contributed by atoms with E-state index in [0.29, 0.717) is 11.1 Å². The molecule has 0 aliphatic carbocycles. The van der Waals surface area contributed by atoms with Crippen molar-refractivity contribution < 1.29 is 4.74 Å². The fourth-order valence-corrected chi connectivity index (χ4v) is 1.84. The van der Waals surface area contributed by atoms with Gasteiger partial charge in [-0.15, -0.1) is 0 Å². The van der Waals surface area contributed by atoms with Gasteiger partial charge >= 0.3 is 0 Å². The average molecular weight is 276 g/mol. The van der Waals surface area contributed by atoms with Gasteiger partial charge in [-0.1, -0.05) is 36.9 Å². The van der Waals surface area contributed by atoms with E-state index in [4.69, 9.17) is 4.74 Å². The Morgan fingerprint density at radius 2 is 1.95 bits per heavy atom. The molecule has 0 fully saturated rings. The van der Waals surface area contributed by atoms with Crippen molar-refractivity contribution in [2.24, 2.45) is 0 Å². The Morgan fingerprint density at radius 1 is 1.19 bits per heavy atom. The van der Waals surface area contributed by atoms with Crippen LogP contribution in [-0.4, -0.2) is 7.11 Å². The largest absolute Gasteiger partial charge is 0.497 e. The number of nitrogens with zero attached hydrogens (tertiary/aromatic N) is 1. The van der Waals surface area contributed by atoms with Crippen LogP contribution in [0.1, 0.15) is 5.56 Å². The summed E-state index contributed by atoms with van der Waals surface area (Å²) in [6, 6.07) is 19.3. The van der Waals surface area contributed by atoms with Crippen LogP contribution < -0.4 is 10.1 Å². The van der Waals surface area contributed by atoms with Crippen LogP contribution in [0.25, 0.3) is 5.57 Å². The first-order valence-electron chi connectivity index (χ1n) is 6.50. The third kappa shape index (κ3) is 3.74. The third-order valence-electron chi connectivity index (χ3n) is 3.02. The van der Waals surface area contributed by atoms with E-state index in [0.717, 1.165) is 17.0 Å². The minimum atomic E-state index is 0.479. The van der Waals surface area contributed by atoms with E-state index in [1.807, 2.05) is 54.6 Å². The molecule has 0 aliphatic rings. The Bertz CT molecular complexity index is 697. The van der Waals surface area contributed by atoms with Gasteiger partial charge in [0.25, 0.3) is 0 Å². The Hall–Kier alpha value is -2.99. The van der Waals surface area contributed by atoms with Crippen LogP contribution in [0, 0.1) is 11.3 Å². The number of nitriles is 1. The third-order valence-corrected chi connectivity index (χ3v) is 3.02. The minimum Gasteiger partial charge on any atom is -0.497 e. The smallest absolute Gasteiger partial charge is 0.119 e. The molecular formula is C18H16N2O. The minimum absolute atomic E-state index is 0.479. The van der Waals surface area contributed by atoms with Crippen LogP contribution in [0.2, 0.25) is 0 Å². The van der Waals surface area contributed by atoms with Crippen molar-refractivity contribution in [3.63, 3.8) is 0 Å². The van der Waals surface area contributed by atoms with E-state index in [1.165, 1.54) is 0 Å². The van der Waals surface area contributed by atoms with Crippen LogP contribution >= 0.6 is 0 Å². The van der Waals surface area contributed by atoms with E-state index < -0.39 is 0 Å². The summed E-state index contributed by atoms with van der Waals surface area (Å²) >= 11 is 0. The molecule has 0 radical (unpaired) electrons. The molecule has 0 amide bonds. The summed E-state index contributed by atoms with van der Waals surface area (Å²) in [7, 11) is 1.61. The van der Waals surface area contributed by atoms with Crippen molar-refractivity contribution in [2.75, 3.05) is 12.4 Å². The molecule has 0 saturated heterocycles. The summed E-state index contributed by atoms with van der Waals surface area (Å²) in [6.45, 7) is 4.00. The number of hydrogen-bond acceptors (Lipinski definition) is 3. The first kappa shape index (κ1) is 14.4. The highest BCUT2D eigenvalue weighted by molar-refractivity contribution is 5.82. The lowest BCUT2D eigenvalue weighted by Gasteiger charge is -2.08. The highest BCUT2D eigenvalue weighted by Gasteiger charge is 2.06. The SMILES string of the molecule is C=C(/C(C#N)=C\Nc1ccccc1)c1cccc(OC)c1. The molecule has 104 valence electrons. The summed E-state index contributed by atoms with van der Waals surface area (Å²) < 4.78 is 5.19. The lowest BCUT2D eigenvalue weighted by Crippen LogP contribution is -1.93. The second kappa shape index (κ2) is 6.97. The normalized spacial score (nSPS) is 10.6. The fraction of sp³-hybridized carbons (Fsp3) is 0.0556. The topological polar surface area (TPSA) is 45.0 Å². The zero-order valence-electron chi connectivity index (χ0n) is 11.8. The zero-order chi connectivity index (χ0) is 15.1. The average Bonchev–Trinajstić information content (AvgIpc) is 2.56. The standard InChI is InChI=1S/C18H16N2O/c1-14(15-7-6-10-18(11-15)21-2)16(12-19)13-20-17-8-4-3-5-9-17/h3-11,13,20H,1H2,2H3/b16-13-. The van der Waals surface area contributed by atoms with Crippen LogP contribution in [-0.2, 0) is 0 Å². The van der Waals surface area contributed by atoms with Gasteiger partial charge in [-0.2, -0.15) is 5.26 Å². The number of allylic oxidation sites excluding steroid dienone is 2. The van der Waals surface area contributed by atoms with Crippen molar-refractivity contribution in [2.45, 2.75) is 0 Å². The van der Waals surface area contributed by atoms with Gasteiger partial charge in [-0.3, -0.25) is 0 Å².